The number of nitrogens with zero attached hydrogens (tertiary/aromatic N) is 4. The van der Waals surface area contributed by atoms with E-state index in [0.717, 1.165) is 56.2 Å². The second-order valence-electron chi connectivity index (χ2n) is 7.15. The lowest BCUT2D eigenvalue weighted by molar-refractivity contribution is -0.149. The molecule has 2 aromatic heterocycles. The largest absolute Gasteiger partial charge is 0.466 e. The SMILES string of the molecule is CCNC(=NCCc1cn2cccc(C)c2n1)N1CCC(C(=O)OCC)CC1. The summed E-state index contributed by atoms with van der Waals surface area (Å²) in [6.45, 7) is 9.61. The molecule has 7 nitrogen and oxygen atoms in total. The van der Waals surface area contributed by atoms with Crippen LogP contribution in [0.5, 0.6) is 0 Å². The van der Waals surface area contributed by atoms with Gasteiger partial charge in [0.2, 0.25) is 0 Å². The standard InChI is InChI=1S/C21H31N5O2/c1-4-22-21(25-13-9-17(10-14-25)20(27)28-5-2)23-11-8-18-15-26-12-6-7-16(3)19(26)24-18/h6-7,12,15,17H,4-5,8-11,13-14H2,1-3H3,(H,22,23). The lowest BCUT2D eigenvalue weighted by Gasteiger charge is -2.33. The minimum Gasteiger partial charge on any atom is -0.466 e. The van der Waals surface area contributed by atoms with Crippen molar-refractivity contribution in [2.75, 3.05) is 32.8 Å². The predicted molar refractivity (Wildman–Crippen MR) is 111 cm³/mol. The van der Waals surface area contributed by atoms with Gasteiger partial charge in [0.15, 0.2) is 5.96 Å². The summed E-state index contributed by atoms with van der Waals surface area (Å²) in [6, 6.07) is 4.11. The molecule has 3 rings (SSSR count). The van der Waals surface area contributed by atoms with Crippen molar-refractivity contribution in [3.63, 3.8) is 0 Å². The zero-order valence-corrected chi connectivity index (χ0v) is 17.1. The number of guanidine groups is 1. The van der Waals surface area contributed by atoms with Gasteiger partial charge in [-0.3, -0.25) is 9.79 Å². The molecular weight excluding hydrogens is 354 g/mol. The van der Waals surface area contributed by atoms with Gasteiger partial charge in [-0.05, 0) is 45.2 Å². The fraction of sp³-hybridized carbons (Fsp3) is 0.571. The first-order valence-electron chi connectivity index (χ1n) is 10.3. The van der Waals surface area contributed by atoms with Crippen molar-refractivity contribution in [1.82, 2.24) is 19.6 Å². The fourth-order valence-electron chi connectivity index (χ4n) is 3.61. The number of esters is 1. The summed E-state index contributed by atoms with van der Waals surface area (Å²) in [5.41, 5.74) is 3.24. The maximum absolute atomic E-state index is 11.9. The van der Waals surface area contributed by atoms with E-state index in [-0.39, 0.29) is 11.9 Å². The Morgan fingerprint density at radius 3 is 2.82 bits per heavy atom. The van der Waals surface area contributed by atoms with E-state index in [1.807, 2.05) is 19.2 Å². The minimum absolute atomic E-state index is 0.0142. The van der Waals surface area contributed by atoms with Crippen LogP contribution in [0, 0.1) is 12.8 Å². The third-order valence-electron chi connectivity index (χ3n) is 5.11. The Morgan fingerprint density at radius 2 is 2.14 bits per heavy atom. The predicted octanol–water partition coefficient (Wildman–Crippen LogP) is 2.43. The number of aromatic nitrogens is 2. The molecule has 2 aromatic rings. The van der Waals surface area contributed by atoms with Crippen molar-refractivity contribution in [2.24, 2.45) is 10.9 Å². The number of aliphatic imine (C=N–C) groups is 1. The van der Waals surface area contributed by atoms with Crippen LogP contribution in [0.3, 0.4) is 0 Å². The summed E-state index contributed by atoms with van der Waals surface area (Å²) < 4.78 is 7.23. The molecule has 3 heterocycles. The highest BCUT2D eigenvalue weighted by molar-refractivity contribution is 5.80. The second-order valence-corrected chi connectivity index (χ2v) is 7.15. The van der Waals surface area contributed by atoms with E-state index in [2.05, 4.69) is 40.7 Å². The van der Waals surface area contributed by atoms with Gasteiger partial charge in [-0.25, -0.2) is 4.98 Å². The van der Waals surface area contributed by atoms with Crippen LogP contribution in [-0.2, 0) is 16.0 Å². The molecule has 28 heavy (non-hydrogen) atoms. The Balaban J connectivity index is 1.58. The van der Waals surface area contributed by atoms with Crippen LogP contribution in [0.2, 0.25) is 0 Å². The normalized spacial score (nSPS) is 15.8. The maximum atomic E-state index is 11.9. The van der Waals surface area contributed by atoms with E-state index in [1.54, 1.807) is 0 Å². The zero-order valence-electron chi connectivity index (χ0n) is 17.1. The summed E-state index contributed by atoms with van der Waals surface area (Å²) >= 11 is 0. The van der Waals surface area contributed by atoms with E-state index in [4.69, 9.17) is 14.7 Å². The average Bonchev–Trinajstić information content (AvgIpc) is 3.12. The van der Waals surface area contributed by atoms with Crippen LogP contribution in [-0.4, -0.2) is 59.0 Å². The monoisotopic (exact) mass is 385 g/mol. The first kappa shape index (κ1) is 20.2. The lowest BCUT2D eigenvalue weighted by Crippen LogP contribution is -2.46. The number of hydrogen-bond donors (Lipinski definition) is 1. The number of likely N-dealkylation sites (tertiary alicyclic amines) is 1. The van der Waals surface area contributed by atoms with E-state index < -0.39 is 0 Å². The number of carbonyl (C=O) groups excluding carboxylic acids is 1. The molecule has 7 heteroatoms. The van der Waals surface area contributed by atoms with Crippen LogP contribution in [0.1, 0.15) is 37.9 Å². The van der Waals surface area contributed by atoms with Gasteiger partial charge in [-0.15, -0.1) is 0 Å². The van der Waals surface area contributed by atoms with Crippen molar-refractivity contribution in [3.05, 3.63) is 35.8 Å². The highest BCUT2D eigenvalue weighted by Gasteiger charge is 2.27. The van der Waals surface area contributed by atoms with Crippen LogP contribution in [0.15, 0.2) is 29.5 Å². The van der Waals surface area contributed by atoms with Gasteiger partial charge < -0.3 is 19.4 Å². The van der Waals surface area contributed by atoms with Crippen LogP contribution in [0.25, 0.3) is 5.65 Å². The van der Waals surface area contributed by atoms with Crippen LogP contribution < -0.4 is 5.32 Å². The molecule has 0 aliphatic carbocycles. The number of rotatable bonds is 6. The number of aryl methyl sites for hydroxylation is 1. The highest BCUT2D eigenvalue weighted by Crippen LogP contribution is 2.19. The molecule has 1 fully saturated rings. The Bertz CT molecular complexity index is 821. The molecule has 1 aliphatic heterocycles. The van der Waals surface area contributed by atoms with Gasteiger partial charge in [0.25, 0.3) is 0 Å². The molecule has 0 aromatic carbocycles. The average molecular weight is 386 g/mol. The lowest BCUT2D eigenvalue weighted by atomic mass is 9.97. The summed E-state index contributed by atoms with van der Waals surface area (Å²) in [5.74, 6) is 0.872. The van der Waals surface area contributed by atoms with Gasteiger partial charge in [0, 0.05) is 45.0 Å². The number of nitrogens with one attached hydrogen (secondary N) is 1. The van der Waals surface area contributed by atoms with Gasteiger partial charge >= 0.3 is 5.97 Å². The van der Waals surface area contributed by atoms with Crippen molar-refractivity contribution in [2.45, 2.75) is 40.0 Å². The molecular formula is C21H31N5O2. The summed E-state index contributed by atoms with van der Waals surface area (Å²) in [4.78, 5) is 23.7. The molecule has 0 spiro atoms. The minimum atomic E-state index is -0.0637. The molecule has 1 N–H and O–H groups in total. The van der Waals surface area contributed by atoms with Crippen molar-refractivity contribution >= 4 is 17.6 Å². The molecule has 1 saturated heterocycles. The molecule has 0 atom stereocenters. The number of piperidine rings is 1. The quantitative estimate of drug-likeness (QED) is 0.470. The fourth-order valence-corrected chi connectivity index (χ4v) is 3.61. The van der Waals surface area contributed by atoms with Gasteiger partial charge in [0.05, 0.1) is 18.2 Å². The topological polar surface area (TPSA) is 71.2 Å². The number of ether oxygens (including phenoxy) is 1. The number of fused-ring (bicyclic) bond motifs is 1. The molecule has 0 radical (unpaired) electrons. The number of carbonyl (C=O) groups is 1. The van der Waals surface area contributed by atoms with Crippen LogP contribution in [0.4, 0.5) is 0 Å². The van der Waals surface area contributed by atoms with Crippen LogP contribution >= 0.6 is 0 Å². The molecule has 152 valence electrons. The Morgan fingerprint density at radius 1 is 1.36 bits per heavy atom. The first-order valence-corrected chi connectivity index (χ1v) is 10.3. The van der Waals surface area contributed by atoms with Gasteiger partial charge in [-0.2, -0.15) is 0 Å². The Kier molecular flexibility index (Phi) is 6.90. The number of pyridine rings is 1. The van der Waals surface area contributed by atoms with Gasteiger partial charge in [-0.1, -0.05) is 6.07 Å². The number of hydrogen-bond acceptors (Lipinski definition) is 4. The van der Waals surface area contributed by atoms with Crippen molar-refractivity contribution in [1.29, 1.82) is 0 Å². The zero-order chi connectivity index (χ0) is 19.9. The first-order chi connectivity index (χ1) is 13.6. The van der Waals surface area contributed by atoms with E-state index in [0.29, 0.717) is 13.2 Å². The maximum Gasteiger partial charge on any atom is 0.309 e. The summed E-state index contributed by atoms with van der Waals surface area (Å²) in [6.07, 6.45) is 6.54. The van der Waals surface area contributed by atoms with E-state index in [9.17, 15) is 4.79 Å². The number of imidazole rings is 1. The van der Waals surface area contributed by atoms with Crippen molar-refractivity contribution < 1.29 is 9.53 Å². The smallest absolute Gasteiger partial charge is 0.309 e. The van der Waals surface area contributed by atoms with E-state index in [1.165, 1.54) is 5.56 Å². The summed E-state index contributed by atoms with van der Waals surface area (Å²) in [7, 11) is 0. The molecule has 0 amide bonds. The van der Waals surface area contributed by atoms with Gasteiger partial charge in [0.1, 0.15) is 5.65 Å². The molecule has 1 aliphatic rings. The van der Waals surface area contributed by atoms with E-state index >= 15 is 0 Å². The molecule has 0 saturated carbocycles. The second kappa shape index (κ2) is 9.57. The van der Waals surface area contributed by atoms with Crippen molar-refractivity contribution in [3.8, 4) is 0 Å². The molecule has 0 unspecified atom stereocenters. The molecule has 0 bridgehead atoms. The highest BCUT2D eigenvalue weighted by atomic mass is 16.5. The third kappa shape index (κ3) is 4.82. The third-order valence-corrected chi connectivity index (χ3v) is 5.11. The Labute approximate surface area is 166 Å². The Hall–Kier alpha value is -2.57. The summed E-state index contributed by atoms with van der Waals surface area (Å²) in [5, 5.41) is 3.38.